The second kappa shape index (κ2) is 5.01. The molecule has 0 aliphatic carbocycles. The maximum absolute atomic E-state index is 13.7. The van der Waals surface area contributed by atoms with Crippen molar-refractivity contribution in [2.24, 2.45) is 5.73 Å². The first kappa shape index (κ1) is 13.5. The molecule has 1 atom stereocenters. The van der Waals surface area contributed by atoms with Gasteiger partial charge in [-0.15, -0.1) is 0 Å². The number of rotatable bonds is 2. The Bertz CT molecular complexity index is 605. The molecule has 0 fully saturated rings. The van der Waals surface area contributed by atoms with E-state index in [1.165, 1.54) is 13.0 Å². The first-order valence-electron chi connectivity index (χ1n) is 5.55. The summed E-state index contributed by atoms with van der Waals surface area (Å²) in [4.78, 5) is 0. The second-order valence-electron chi connectivity index (χ2n) is 4.30. The topological polar surface area (TPSA) is 26.0 Å². The summed E-state index contributed by atoms with van der Waals surface area (Å²) in [6, 6.07) is 3.61. The Morgan fingerprint density at radius 3 is 2.00 bits per heavy atom. The summed E-state index contributed by atoms with van der Waals surface area (Å²) < 4.78 is 53.0. The highest BCUT2D eigenvalue weighted by molar-refractivity contribution is 5.35. The first-order chi connectivity index (χ1) is 8.88. The molecule has 2 rings (SSSR count). The lowest BCUT2D eigenvalue weighted by Crippen LogP contribution is -2.15. The van der Waals surface area contributed by atoms with Crippen molar-refractivity contribution < 1.29 is 17.6 Å². The molecule has 0 bridgehead atoms. The summed E-state index contributed by atoms with van der Waals surface area (Å²) in [7, 11) is 0. The molecule has 1 nitrogen and oxygen atoms in total. The zero-order valence-corrected chi connectivity index (χ0v) is 10.1. The van der Waals surface area contributed by atoms with Crippen molar-refractivity contribution in [3.8, 4) is 0 Å². The molecule has 0 saturated carbocycles. The van der Waals surface area contributed by atoms with Crippen LogP contribution in [0.5, 0.6) is 0 Å². The van der Waals surface area contributed by atoms with E-state index in [0.717, 1.165) is 12.1 Å². The Kier molecular flexibility index (Phi) is 3.57. The summed E-state index contributed by atoms with van der Waals surface area (Å²) >= 11 is 0. The highest BCUT2D eigenvalue weighted by atomic mass is 19.1. The average Bonchev–Trinajstić information content (AvgIpc) is 2.31. The number of aryl methyl sites for hydroxylation is 1. The fraction of sp³-hybridized carbons (Fsp3) is 0.143. The second-order valence-corrected chi connectivity index (χ2v) is 4.30. The van der Waals surface area contributed by atoms with Gasteiger partial charge in [0.25, 0.3) is 0 Å². The van der Waals surface area contributed by atoms with E-state index in [9.17, 15) is 17.6 Å². The predicted molar refractivity (Wildman–Crippen MR) is 63.5 cm³/mol. The minimum Gasteiger partial charge on any atom is -0.320 e. The number of hydrogen-bond acceptors (Lipinski definition) is 1. The number of hydrogen-bond donors (Lipinski definition) is 1. The Balaban J connectivity index is 2.49. The Morgan fingerprint density at radius 1 is 0.842 bits per heavy atom. The van der Waals surface area contributed by atoms with Gasteiger partial charge >= 0.3 is 0 Å². The van der Waals surface area contributed by atoms with E-state index >= 15 is 0 Å². The van der Waals surface area contributed by atoms with Gasteiger partial charge in [-0.25, -0.2) is 17.6 Å². The van der Waals surface area contributed by atoms with Gasteiger partial charge < -0.3 is 5.73 Å². The Hall–Kier alpha value is -1.88. The van der Waals surface area contributed by atoms with Crippen LogP contribution in [0, 0.1) is 30.2 Å². The van der Waals surface area contributed by atoms with Crippen LogP contribution in [0.1, 0.15) is 22.7 Å². The maximum Gasteiger partial charge on any atom is 0.131 e. The van der Waals surface area contributed by atoms with Crippen LogP contribution in [0.4, 0.5) is 17.6 Å². The smallest absolute Gasteiger partial charge is 0.131 e. The molecule has 0 spiro atoms. The van der Waals surface area contributed by atoms with E-state index in [1.54, 1.807) is 0 Å². The van der Waals surface area contributed by atoms with Gasteiger partial charge in [-0.3, -0.25) is 0 Å². The van der Waals surface area contributed by atoms with Crippen molar-refractivity contribution in [2.75, 3.05) is 0 Å². The minimum atomic E-state index is -1.07. The molecule has 1 unspecified atom stereocenters. The van der Waals surface area contributed by atoms with Crippen molar-refractivity contribution in [1.82, 2.24) is 0 Å². The molecule has 2 aromatic carbocycles. The van der Waals surface area contributed by atoms with Gasteiger partial charge in [0.15, 0.2) is 0 Å². The third kappa shape index (κ3) is 2.76. The van der Waals surface area contributed by atoms with Gasteiger partial charge in [-0.05, 0) is 36.2 Å². The van der Waals surface area contributed by atoms with Crippen LogP contribution in [0.25, 0.3) is 0 Å². The zero-order chi connectivity index (χ0) is 14.2. The van der Waals surface area contributed by atoms with Crippen LogP contribution >= 0.6 is 0 Å². The quantitative estimate of drug-likeness (QED) is 0.828. The first-order valence-corrected chi connectivity index (χ1v) is 5.55. The monoisotopic (exact) mass is 269 g/mol. The van der Waals surface area contributed by atoms with Crippen molar-refractivity contribution in [3.63, 3.8) is 0 Å². The van der Waals surface area contributed by atoms with Gasteiger partial charge in [0, 0.05) is 17.7 Å². The summed E-state index contributed by atoms with van der Waals surface area (Å²) in [5.74, 6) is -3.14. The van der Waals surface area contributed by atoms with Gasteiger partial charge in [0.05, 0.1) is 6.04 Å². The number of halogens is 4. The van der Waals surface area contributed by atoms with Crippen LogP contribution in [-0.2, 0) is 0 Å². The molecule has 19 heavy (non-hydrogen) atoms. The third-order valence-electron chi connectivity index (χ3n) is 2.86. The van der Waals surface area contributed by atoms with E-state index in [4.69, 9.17) is 5.73 Å². The number of benzene rings is 2. The van der Waals surface area contributed by atoms with E-state index < -0.39 is 29.3 Å². The average molecular weight is 269 g/mol. The fourth-order valence-corrected chi connectivity index (χ4v) is 1.85. The zero-order valence-electron chi connectivity index (χ0n) is 10.1. The van der Waals surface area contributed by atoms with Crippen molar-refractivity contribution in [2.45, 2.75) is 13.0 Å². The van der Waals surface area contributed by atoms with Gasteiger partial charge in [-0.2, -0.15) is 0 Å². The van der Waals surface area contributed by atoms with E-state index in [-0.39, 0.29) is 16.7 Å². The van der Waals surface area contributed by atoms with Crippen molar-refractivity contribution in [3.05, 3.63) is 70.3 Å². The van der Waals surface area contributed by atoms with Crippen LogP contribution in [0.2, 0.25) is 0 Å². The molecule has 2 N–H and O–H groups in total. The summed E-state index contributed by atoms with van der Waals surface area (Å²) in [6.45, 7) is 1.46. The van der Waals surface area contributed by atoms with Gasteiger partial charge in [0.2, 0.25) is 0 Å². The van der Waals surface area contributed by atoms with E-state index in [1.807, 2.05) is 0 Å². The molecule has 0 heterocycles. The Labute approximate surface area is 107 Å². The molecule has 100 valence electrons. The van der Waals surface area contributed by atoms with Gasteiger partial charge in [0.1, 0.15) is 23.3 Å². The Morgan fingerprint density at radius 2 is 1.42 bits per heavy atom. The minimum absolute atomic E-state index is 0.0103. The molecule has 0 saturated heterocycles. The maximum atomic E-state index is 13.7. The SMILES string of the molecule is Cc1cc(C(N)c2cc(F)cc(F)c2)c(F)cc1F. The molecule has 0 radical (unpaired) electrons. The third-order valence-corrected chi connectivity index (χ3v) is 2.86. The molecule has 0 aliphatic heterocycles. The van der Waals surface area contributed by atoms with Crippen molar-refractivity contribution in [1.29, 1.82) is 0 Å². The lowest BCUT2D eigenvalue weighted by atomic mass is 9.97. The number of nitrogens with two attached hydrogens (primary N) is 1. The predicted octanol–water partition coefficient (Wildman–Crippen LogP) is 3.60. The molecule has 0 amide bonds. The lowest BCUT2D eigenvalue weighted by Gasteiger charge is -2.15. The van der Waals surface area contributed by atoms with E-state index in [0.29, 0.717) is 12.1 Å². The summed E-state index contributed by atoms with van der Waals surface area (Å²) in [5, 5.41) is 0. The standard InChI is InChI=1S/C14H11F4N/c1-7-2-11(13(18)6-12(7)17)14(19)8-3-9(15)5-10(16)4-8/h2-6,14H,19H2,1H3. The van der Waals surface area contributed by atoms with Crippen molar-refractivity contribution >= 4 is 0 Å². The molecule has 5 heteroatoms. The highest BCUT2D eigenvalue weighted by Gasteiger charge is 2.17. The largest absolute Gasteiger partial charge is 0.320 e. The van der Waals surface area contributed by atoms with Crippen LogP contribution in [0.3, 0.4) is 0 Å². The van der Waals surface area contributed by atoms with Crippen LogP contribution < -0.4 is 5.73 Å². The fourth-order valence-electron chi connectivity index (χ4n) is 1.85. The normalized spacial score (nSPS) is 12.5. The highest BCUT2D eigenvalue weighted by Crippen LogP contribution is 2.25. The lowest BCUT2D eigenvalue weighted by molar-refractivity contribution is 0.555. The van der Waals surface area contributed by atoms with E-state index in [2.05, 4.69) is 0 Å². The molecular weight excluding hydrogens is 258 g/mol. The van der Waals surface area contributed by atoms with Crippen LogP contribution in [0.15, 0.2) is 30.3 Å². The summed E-state index contributed by atoms with van der Waals surface area (Å²) in [5.41, 5.74) is 6.07. The molecule has 0 aliphatic rings. The summed E-state index contributed by atoms with van der Waals surface area (Å²) in [6.07, 6.45) is 0. The molecular formula is C14H11F4N. The van der Waals surface area contributed by atoms with Gasteiger partial charge in [-0.1, -0.05) is 0 Å². The van der Waals surface area contributed by atoms with Crippen LogP contribution in [-0.4, -0.2) is 0 Å². The molecule has 0 aromatic heterocycles. The molecule has 2 aromatic rings.